The predicted molar refractivity (Wildman–Crippen MR) is 105 cm³/mol. The smallest absolute Gasteiger partial charge is 0.303 e. The van der Waals surface area contributed by atoms with Crippen LogP contribution in [0.2, 0.25) is 0 Å². The maximum Gasteiger partial charge on any atom is 0.303 e. The third kappa shape index (κ3) is 3.05. The first kappa shape index (κ1) is 18.5. The molecule has 1 aromatic carbocycles. The van der Waals surface area contributed by atoms with Crippen LogP contribution in [0.3, 0.4) is 0 Å². The summed E-state index contributed by atoms with van der Waals surface area (Å²) in [7, 11) is 0. The molecule has 0 atom stereocenters. The van der Waals surface area contributed by atoms with E-state index < -0.39 is 11.4 Å². The van der Waals surface area contributed by atoms with Gasteiger partial charge >= 0.3 is 5.97 Å². The van der Waals surface area contributed by atoms with Crippen molar-refractivity contribution >= 4 is 22.7 Å². The van der Waals surface area contributed by atoms with Crippen LogP contribution in [0.1, 0.15) is 62.1 Å². The van der Waals surface area contributed by atoms with Gasteiger partial charge in [-0.1, -0.05) is 18.2 Å². The molecule has 2 aromatic rings. The van der Waals surface area contributed by atoms with E-state index in [0.717, 1.165) is 33.6 Å². The highest BCUT2D eigenvalue weighted by molar-refractivity contribution is 6.19. The molecule has 0 bridgehead atoms. The number of hydrogen-bond acceptors (Lipinski definition) is 4. The number of ether oxygens (including phenoxy) is 1. The molecule has 0 amide bonds. The van der Waals surface area contributed by atoms with Crippen LogP contribution < -0.4 is 0 Å². The van der Waals surface area contributed by atoms with Crippen LogP contribution in [-0.2, 0) is 14.9 Å². The quantitative estimate of drug-likeness (QED) is 0.701. The van der Waals surface area contributed by atoms with E-state index in [1.54, 1.807) is 0 Å². The molecule has 0 radical (unpaired) electrons. The molecule has 4 rings (SSSR count). The van der Waals surface area contributed by atoms with E-state index in [0.29, 0.717) is 37.9 Å². The van der Waals surface area contributed by atoms with Gasteiger partial charge in [-0.3, -0.25) is 9.59 Å². The van der Waals surface area contributed by atoms with Crippen molar-refractivity contribution in [2.24, 2.45) is 0 Å². The molecule has 0 saturated carbocycles. The van der Waals surface area contributed by atoms with E-state index in [-0.39, 0.29) is 12.2 Å². The molecular formula is C23H24O5. The van der Waals surface area contributed by atoms with Gasteiger partial charge in [0, 0.05) is 29.2 Å². The van der Waals surface area contributed by atoms with Crippen molar-refractivity contribution in [3.8, 4) is 0 Å². The number of allylic oxidation sites excluding steroid dienone is 4. The van der Waals surface area contributed by atoms with Gasteiger partial charge < -0.3 is 14.3 Å². The molecule has 1 aromatic heterocycles. The maximum atomic E-state index is 13.2. The van der Waals surface area contributed by atoms with E-state index in [1.165, 1.54) is 0 Å². The van der Waals surface area contributed by atoms with Crippen molar-refractivity contribution in [2.75, 3.05) is 6.61 Å². The van der Waals surface area contributed by atoms with Crippen LogP contribution in [0.15, 0.2) is 51.7 Å². The first-order chi connectivity index (χ1) is 13.4. The number of furan rings is 1. The highest BCUT2D eigenvalue weighted by Gasteiger charge is 2.43. The number of unbranched alkanes of at least 4 members (excludes halogenated alkanes) is 1. The van der Waals surface area contributed by atoms with Gasteiger partial charge in [-0.2, -0.15) is 0 Å². The van der Waals surface area contributed by atoms with Gasteiger partial charge in [0.2, 0.25) is 0 Å². The van der Waals surface area contributed by atoms with E-state index >= 15 is 0 Å². The molecule has 0 aliphatic heterocycles. The highest BCUT2D eigenvalue weighted by Crippen LogP contribution is 2.48. The van der Waals surface area contributed by atoms with Crippen molar-refractivity contribution in [1.82, 2.24) is 0 Å². The number of fused-ring (bicyclic) bond motifs is 3. The Labute approximate surface area is 163 Å². The zero-order valence-corrected chi connectivity index (χ0v) is 16.2. The maximum absolute atomic E-state index is 13.2. The van der Waals surface area contributed by atoms with Gasteiger partial charge in [0.25, 0.3) is 0 Å². The molecule has 2 aliphatic carbocycles. The topological polar surface area (TPSA) is 76.7 Å². The Kier molecular flexibility index (Phi) is 4.61. The Balaban J connectivity index is 1.61. The van der Waals surface area contributed by atoms with Crippen molar-refractivity contribution in [3.63, 3.8) is 0 Å². The van der Waals surface area contributed by atoms with Gasteiger partial charge in [0.15, 0.2) is 5.78 Å². The van der Waals surface area contributed by atoms with Crippen LogP contribution in [0.4, 0.5) is 0 Å². The molecule has 5 heteroatoms. The second-order valence-electron chi connectivity index (χ2n) is 7.96. The molecule has 0 spiro atoms. The number of carbonyl (C=O) groups excluding carboxylic acids is 1. The number of rotatable bonds is 6. The Bertz CT molecular complexity index is 1020. The average Bonchev–Trinajstić information content (AvgIpc) is 3.07. The summed E-state index contributed by atoms with van der Waals surface area (Å²) in [6.07, 6.45) is 4.79. The Morgan fingerprint density at radius 3 is 2.79 bits per heavy atom. The number of hydrogen-bond donors (Lipinski definition) is 1. The average molecular weight is 380 g/mol. The lowest BCUT2D eigenvalue weighted by Gasteiger charge is -2.34. The van der Waals surface area contributed by atoms with Gasteiger partial charge in [0.1, 0.15) is 11.3 Å². The molecule has 0 fully saturated rings. The summed E-state index contributed by atoms with van der Waals surface area (Å²) < 4.78 is 12.0. The largest absolute Gasteiger partial charge is 0.498 e. The van der Waals surface area contributed by atoms with Crippen molar-refractivity contribution in [2.45, 2.75) is 51.4 Å². The van der Waals surface area contributed by atoms with E-state index in [2.05, 4.69) is 13.8 Å². The molecular weight excluding hydrogens is 356 g/mol. The Morgan fingerprint density at radius 2 is 2.00 bits per heavy atom. The van der Waals surface area contributed by atoms with Crippen LogP contribution in [0.5, 0.6) is 0 Å². The molecule has 2 aliphatic rings. The van der Waals surface area contributed by atoms with Crippen molar-refractivity contribution < 1.29 is 23.8 Å². The number of carbonyl (C=O) groups is 2. The minimum Gasteiger partial charge on any atom is -0.498 e. The Morgan fingerprint density at radius 1 is 1.21 bits per heavy atom. The minimum absolute atomic E-state index is 0.0611. The van der Waals surface area contributed by atoms with Crippen LogP contribution in [0, 0.1) is 0 Å². The van der Waals surface area contributed by atoms with Crippen molar-refractivity contribution in [1.29, 1.82) is 0 Å². The second-order valence-corrected chi connectivity index (χ2v) is 7.96. The fourth-order valence-corrected chi connectivity index (χ4v) is 4.18. The summed E-state index contributed by atoms with van der Waals surface area (Å²) in [5.74, 6) is 0.854. The van der Waals surface area contributed by atoms with E-state index in [1.807, 2.05) is 30.3 Å². The summed E-state index contributed by atoms with van der Waals surface area (Å²) in [5.41, 5.74) is 2.84. The lowest BCUT2D eigenvalue weighted by atomic mass is 9.69. The van der Waals surface area contributed by atoms with E-state index in [4.69, 9.17) is 14.3 Å². The summed E-state index contributed by atoms with van der Waals surface area (Å²) in [5, 5.41) is 9.59. The molecule has 146 valence electrons. The second kappa shape index (κ2) is 6.97. The summed E-state index contributed by atoms with van der Waals surface area (Å²) in [6.45, 7) is 4.66. The molecule has 0 saturated heterocycles. The SMILES string of the molecule is CC1(C)C2=C(CCC(OCCCCC(=O)O)=C2)C(=O)c2c1oc1ccccc21. The first-order valence-corrected chi connectivity index (χ1v) is 9.75. The molecule has 0 unspecified atom stereocenters. The van der Waals surface area contributed by atoms with Gasteiger partial charge in [-0.25, -0.2) is 0 Å². The molecule has 1 heterocycles. The first-order valence-electron chi connectivity index (χ1n) is 9.75. The summed E-state index contributed by atoms with van der Waals surface area (Å²) in [4.78, 5) is 23.8. The summed E-state index contributed by atoms with van der Waals surface area (Å²) >= 11 is 0. The third-order valence-corrected chi connectivity index (χ3v) is 5.66. The zero-order chi connectivity index (χ0) is 19.9. The Hall–Kier alpha value is -2.82. The summed E-state index contributed by atoms with van der Waals surface area (Å²) in [6, 6.07) is 7.69. The number of para-hydroxylation sites is 1. The van der Waals surface area contributed by atoms with Crippen LogP contribution in [0.25, 0.3) is 11.0 Å². The lowest BCUT2D eigenvalue weighted by molar-refractivity contribution is -0.137. The van der Waals surface area contributed by atoms with Crippen LogP contribution >= 0.6 is 0 Å². The number of carboxylic acids is 1. The normalized spacial score (nSPS) is 17.9. The monoisotopic (exact) mass is 380 g/mol. The van der Waals surface area contributed by atoms with Gasteiger partial charge in [0.05, 0.1) is 17.9 Å². The van der Waals surface area contributed by atoms with E-state index in [9.17, 15) is 9.59 Å². The number of ketones is 1. The zero-order valence-electron chi connectivity index (χ0n) is 16.2. The fourth-order valence-electron chi connectivity index (χ4n) is 4.18. The minimum atomic E-state index is -0.782. The van der Waals surface area contributed by atoms with Crippen molar-refractivity contribution in [3.05, 3.63) is 58.6 Å². The number of aliphatic carboxylic acids is 1. The molecule has 28 heavy (non-hydrogen) atoms. The highest BCUT2D eigenvalue weighted by atomic mass is 16.5. The van der Waals surface area contributed by atoms with Gasteiger partial charge in [-0.15, -0.1) is 0 Å². The molecule has 1 N–H and O–H groups in total. The number of Topliss-reactive ketones (excluding diaryl/α,β-unsaturated/α-hetero) is 1. The number of benzene rings is 1. The van der Waals surface area contributed by atoms with Gasteiger partial charge in [-0.05, 0) is 50.8 Å². The predicted octanol–water partition coefficient (Wildman–Crippen LogP) is 5.15. The number of carboxylic acid groups (broad SMARTS) is 1. The molecule has 5 nitrogen and oxygen atoms in total. The third-order valence-electron chi connectivity index (χ3n) is 5.66. The standard InChI is InChI=1S/C23H24O5/c1-23(2)17-13-14(27-12-6-5-9-19(24)25)10-11-15(17)21(26)20-16-7-3-4-8-18(16)28-22(20)23/h3-4,7-8,13H,5-6,9-12H2,1-2H3,(H,24,25). The lowest BCUT2D eigenvalue weighted by Crippen LogP contribution is -2.31. The fraction of sp³-hybridized carbons (Fsp3) is 0.391. The van der Waals surface area contributed by atoms with Crippen LogP contribution in [-0.4, -0.2) is 23.5 Å².